The second kappa shape index (κ2) is 12.9. The van der Waals surface area contributed by atoms with Gasteiger partial charge in [0.2, 0.25) is 0 Å². The van der Waals surface area contributed by atoms with Gasteiger partial charge in [-0.3, -0.25) is 0 Å². The smallest absolute Gasteiger partial charge is 0.0187 e. The molecule has 120 valence electrons. The molecule has 1 aliphatic carbocycles. The van der Waals surface area contributed by atoms with Crippen molar-refractivity contribution in [3.05, 3.63) is 77.9 Å². The number of benzene rings is 1. The van der Waals surface area contributed by atoms with E-state index in [1.165, 1.54) is 22.3 Å². The quantitative estimate of drug-likeness (QED) is 0.509. The van der Waals surface area contributed by atoms with Gasteiger partial charge in [-0.05, 0) is 41.5 Å². The van der Waals surface area contributed by atoms with Gasteiger partial charge in [-0.2, -0.15) is 0 Å². The summed E-state index contributed by atoms with van der Waals surface area (Å²) in [5.74, 6) is 0. The van der Waals surface area contributed by atoms with Crippen LogP contribution in [-0.4, -0.2) is 0 Å². The molecule has 0 radical (unpaired) electrons. The van der Waals surface area contributed by atoms with Gasteiger partial charge in [-0.1, -0.05) is 95.8 Å². The van der Waals surface area contributed by atoms with E-state index in [-0.39, 0.29) is 0 Å². The van der Waals surface area contributed by atoms with Gasteiger partial charge >= 0.3 is 0 Å². The second-order valence-corrected chi connectivity index (χ2v) is 4.51. The van der Waals surface area contributed by atoms with Crippen LogP contribution in [0.15, 0.2) is 72.4 Å². The minimum Gasteiger partial charge on any atom is -0.0991 e. The maximum Gasteiger partial charge on any atom is -0.0187 e. The summed E-state index contributed by atoms with van der Waals surface area (Å²) in [4.78, 5) is 0. The predicted octanol–water partition coefficient (Wildman–Crippen LogP) is 7.37. The molecule has 0 unspecified atom stereocenters. The Morgan fingerprint density at radius 2 is 1.73 bits per heavy atom. The average molecular weight is 296 g/mol. The predicted molar refractivity (Wildman–Crippen MR) is 103 cm³/mol. The molecule has 0 amide bonds. The van der Waals surface area contributed by atoms with E-state index in [9.17, 15) is 0 Å². The molecule has 0 heterocycles. The zero-order chi connectivity index (χ0) is 16.8. The molecule has 0 saturated heterocycles. The van der Waals surface area contributed by atoms with Gasteiger partial charge in [0.25, 0.3) is 0 Å². The molecule has 0 N–H and O–H groups in total. The van der Waals surface area contributed by atoms with E-state index in [0.29, 0.717) is 0 Å². The van der Waals surface area contributed by atoms with Gasteiger partial charge in [0.05, 0.1) is 0 Å². The van der Waals surface area contributed by atoms with Gasteiger partial charge in [0.1, 0.15) is 0 Å². The van der Waals surface area contributed by atoms with Crippen LogP contribution in [0, 0.1) is 0 Å². The van der Waals surface area contributed by atoms with Gasteiger partial charge < -0.3 is 0 Å². The zero-order valence-corrected chi connectivity index (χ0v) is 15.0. The van der Waals surface area contributed by atoms with Gasteiger partial charge in [-0.25, -0.2) is 0 Å². The fourth-order valence-electron chi connectivity index (χ4n) is 2.38. The Bertz CT molecular complexity index is 498. The van der Waals surface area contributed by atoms with Crippen LogP contribution < -0.4 is 0 Å². The van der Waals surface area contributed by atoms with E-state index < -0.39 is 0 Å². The molecule has 0 aliphatic heterocycles. The molecular formula is C22H32. The van der Waals surface area contributed by atoms with Crippen LogP contribution in [0.5, 0.6) is 0 Å². The standard InChI is InChI=1S/C18H20.2C2H6/c1-3-9-15(4-2)17-12-8-13-18(14-17)16-10-6-5-7-11-16;2*1-2/h3,5-7,9-11,13-14H,1,4,8,12H2,2H3;2*1-2H3/b15-9+;;. The minimum absolute atomic E-state index is 1.07. The first-order valence-corrected chi connectivity index (χ1v) is 8.63. The first kappa shape index (κ1) is 20.2. The first-order chi connectivity index (χ1) is 10.8. The van der Waals surface area contributed by atoms with Crippen molar-refractivity contribution < 1.29 is 0 Å². The molecule has 0 spiro atoms. The van der Waals surface area contributed by atoms with Crippen LogP contribution in [0.4, 0.5) is 0 Å². The number of allylic oxidation sites excluding steroid dienone is 7. The average Bonchev–Trinajstić information content (AvgIpc) is 2.64. The molecule has 1 aromatic rings. The Hall–Kier alpha value is -1.82. The van der Waals surface area contributed by atoms with E-state index in [4.69, 9.17) is 0 Å². The largest absolute Gasteiger partial charge is 0.0991 e. The second-order valence-electron chi connectivity index (χ2n) is 4.51. The van der Waals surface area contributed by atoms with Crippen LogP contribution in [0.2, 0.25) is 0 Å². The van der Waals surface area contributed by atoms with Crippen molar-refractivity contribution >= 4 is 5.57 Å². The van der Waals surface area contributed by atoms with Crippen molar-refractivity contribution in [3.8, 4) is 0 Å². The first-order valence-electron chi connectivity index (χ1n) is 8.63. The lowest BCUT2D eigenvalue weighted by Gasteiger charge is -2.16. The third-order valence-corrected chi connectivity index (χ3v) is 3.33. The SMILES string of the molecule is C=C/C=C(\CC)C1=CC(c2ccccc2)=CCC1.CC.CC. The highest BCUT2D eigenvalue weighted by molar-refractivity contribution is 5.76. The number of hydrogen-bond acceptors (Lipinski definition) is 0. The van der Waals surface area contributed by atoms with E-state index in [1.807, 2.05) is 33.8 Å². The Balaban J connectivity index is 0.00000102. The topological polar surface area (TPSA) is 0 Å². The normalized spacial score (nSPS) is 13.6. The van der Waals surface area contributed by atoms with Crippen LogP contribution in [0.3, 0.4) is 0 Å². The third kappa shape index (κ3) is 6.30. The maximum atomic E-state index is 3.80. The van der Waals surface area contributed by atoms with Crippen molar-refractivity contribution in [2.75, 3.05) is 0 Å². The van der Waals surface area contributed by atoms with Crippen molar-refractivity contribution in [2.45, 2.75) is 53.9 Å². The maximum absolute atomic E-state index is 3.80. The number of rotatable bonds is 4. The van der Waals surface area contributed by atoms with Crippen molar-refractivity contribution in [1.82, 2.24) is 0 Å². The van der Waals surface area contributed by atoms with Gasteiger partial charge in [-0.15, -0.1) is 0 Å². The lowest BCUT2D eigenvalue weighted by molar-refractivity contribution is 0.942. The monoisotopic (exact) mass is 296 g/mol. The highest BCUT2D eigenvalue weighted by Gasteiger charge is 2.09. The molecule has 0 aromatic heterocycles. The van der Waals surface area contributed by atoms with E-state index in [0.717, 1.165) is 19.3 Å². The van der Waals surface area contributed by atoms with Crippen LogP contribution in [-0.2, 0) is 0 Å². The van der Waals surface area contributed by atoms with Crippen molar-refractivity contribution in [3.63, 3.8) is 0 Å². The Morgan fingerprint density at radius 1 is 1.09 bits per heavy atom. The van der Waals surface area contributed by atoms with Crippen LogP contribution in [0.25, 0.3) is 5.57 Å². The van der Waals surface area contributed by atoms with E-state index in [1.54, 1.807) is 0 Å². The summed E-state index contributed by atoms with van der Waals surface area (Å²) >= 11 is 0. The minimum atomic E-state index is 1.07. The summed E-state index contributed by atoms with van der Waals surface area (Å²) in [5, 5.41) is 0. The molecule has 0 heteroatoms. The van der Waals surface area contributed by atoms with E-state index in [2.05, 4.69) is 62.1 Å². The summed E-state index contributed by atoms with van der Waals surface area (Å²) in [7, 11) is 0. The fraction of sp³-hybridized carbons (Fsp3) is 0.364. The molecule has 22 heavy (non-hydrogen) atoms. The highest BCUT2D eigenvalue weighted by atomic mass is 14.1. The summed E-state index contributed by atoms with van der Waals surface area (Å²) < 4.78 is 0. The molecule has 0 nitrogen and oxygen atoms in total. The Kier molecular flexibility index (Phi) is 11.8. The van der Waals surface area contributed by atoms with E-state index >= 15 is 0 Å². The zero-order valence-electron chi connectivity index (χ0n) is 15.0. The molecule has 1 aromatic carbocycles. The molecule has 1 aliphatic rings. The van der Waals surface area contributed by atoms with Crippen LogP contribution >= 0.6 is 0 Å². The summed E-state index contributed by atoms with van der Waals surface area (Å²) in [6.07, 6.45) is 12.0. The molecule has 0 fully saturated rings. The fourth-order valence-corrected chi connectivity index (χ4v) is 2.38. The highest BCUT2D eigenvalue weighted by Crippen LogP contribution is 2.30. The molecule has 0 saturated carbocycles. The van der Waals surface area contributed by atoms with Gasteiger partial charge in [0.15, 0.2) is 0 Å². The molecular weight excluding hydrogens is 264 g/mol. The number of hydrogen-bond donors (Lipinski definition) is 0. The Labute approximate surface area is 138 Å². The van der Waals surface area contributed by atoms with Crippen LogP contribution in [0.1, 0.15) is 59.4 Å². The molecule has 0 atom stereocenters. The lowest BCUT2D eigenvalue weighted by atomic mass is 9.89. The van der Waals surface area contributed by atoms with Crippen molar-refractivity contribution in [2.24, 2.45) is 0 Å². The lowest BCUT2D eigenvalue weighted by Crippen LogP contribution is -1.95. The summed E-state index contributed by atoms with van der Waals surface area (Å²) in [5.41, 5.74) is 5.52. The third-order valence-electron chi connectivity index (χ3n) is 3.33. The summed E-state index contributed by atoms with van der Waals surface area (Å²) in [6.45, 7) is 14.0. The van der Waals surface area contributed by atoms with Crippen molar-refractivity contribution in [1.29, 1.82) is 0 Å². The summed E-state index contributed by atoms with van der Waals surface area (Å²) in [6, 6.07) is 10.6. The van der Waals surface area contributed by atoms with Gasteiger partial charge in [0, 0.05) is 0 Å². The Morgan fingerprint density at radius 3 is 2.27 bits per heavy atom. The molecule has 0 bridgehead atoms. The molecule has 2 rings (SSSR count).